The van der Waals surface area contributed by atoms with E-state index in [1.807, 2.05) is 24.3 Å². The van der Waals surface area contributed by atoms with E-state index in [4.69, 9.17) is 9.15 Å². The van der Waals surface area contributed by atoms with Crippen molar-refractivity contribution in [1.82, 2.24) is 4.31 Å². The van der Waals surface area contributed by atoms with Crippen molar-refractivity contribution in [1.29, 1.82) is 0 Å². The molecule has 0 atom stereocenters. The van der Waals surface area contributed by atoms with Crippen molar-refractivity contribution in [2.75, 3.05) is 13.6 Å². The van der Waals surface area contributed by atoms with Crippen molar-refractivity contribution >= 4 is 38.3 Å². The molecule has 0 saturated heterocycles. The third-order valence-corrected chi connectivity index (χ3v) is 6.54. The van der Waals surface area contributed by atoms with Crippen LogP contribution in [0.1, 0.15) is 5.76 Å². The lowest BCUT2D eigenvalue weighted by Gasteiger charge is -2.14. The number of para-hydroxylation sites is 1. The van der Waals surface area contributed by atoms with Gasteiger partial charge >= 0.3 is 5.97 Å². The van der Waals surface area contributed by atoms with Crippen molar-refractivity contribution in [3.8, 4) is 0 Å². The molecule has 3 rings (SSSR count). The number of thiophene rings is 1. The van der Waals surface area contributed by atoms with E-state index in [-0.39, 0.29) is 17.4 Å². The molecule has 8 heteroatoms. The second kappa shape index (κ2) is 6.76. The molecule has 0 aliphatic carbocycles. The number of ether oxygens (including phenoxy) is 1. The molecule has 126 valence electrons. The van der Waals surface area contributed by atoms with Gasteiger partial charge < -0.3 is 9.15 Å². The van der Waals surface area contributed by atoms with Gasteiger partial charge in [0.1, 0.15) is 28.7 Å². The molecule has 0 spiro atoms. The standard InChI is InChI=1S/C16H15NO5S2/c1-17(24(19,20)16-7-4-8-23-16)10-15(18)21-11-13-9-12-5-2-3-6-14(12)22-13/h2-9H,10-11H2,1H3. The molecule has 3 aromatic rings. The summed E-state index contributed by atoms with van der Waals surface area (Å²) in [5, 5.41) is 2.58. The zero-order chi connectivity index (χ0) is 17.2. The highest BCUT2D eigenvalue weighted by atomic mass is 32.2. The van der Waals surface area contributed by atoms with Crippen LogP contribution in [-0.2, 0) is 26.2 Å². The summed E-state index contributed by atoms with van der Waals surface area (Å²) in [5.74, 6) is -0.133. The predicted molar refractivity (Wildman–Crippen MR) is 90.1 cm³/mol. The summed E-state index contributed by atoms with van der Waals surface area (Å²) in [5.41, 5.74) is 0.709. The molecule has 2 heterocycles. The lowest BCUT2D eigenvalue weighted by molar-refractivity contribution is -0.145. The molecule has 0 radical (unpaired) electrons. The summed E-state index contributed by atoms with van der Waals surface area (Å²) < 4.78 is 36.3. The van der Waals surface area contributed by atoms with Gasteiger partial charge in [0.2, 0.25) is 0 Å². The Morgan fingerprint density at radius 3 is 2.75 bits per heavy atom. The first-order chi connectivity index (χ1) is 11.5. The highest BCUT2D eigenvalue weighted by molar-refractivity contribution is 7.91. The fourth-order valence-corrected chi connectivity index (χ4v) is 4.45. The van der Waals surface area contributed by atoms with Gasteiger partial charge in [0.25, 0.3) is 10.0 Å². The van der Waals surface area contributed by atoms with Gasteiger partial charge in [0.15, 0.2) is 0 Å². The predicted octanol–water partition coefficient (Wildman–Crippen LogP) is 2.86. The van der Waals surface area contributed by atoms with E-state index in [0.717, 1.165) is 21.0 Å². The quantitative estimate of drug-likeness (QED) is 0.628. The number of carbonyl (C=O) groups excluding carboxylic acids is 1. The van der Waals surface area contributed by atoms with Crippen molar-refractivity contribution in [2.45, 2.75) is 10.8 Å². The van der Waals surface area contributed by atoms with Crippen LogP contribution in [0.15, 0.2) is 56.5 Å². The Bertz CT molecular complexity index is 911. The summed E-state index contributed by atoms with van der Waals surface area (Å²) in [6, 6.07) is 12.4. The van der Waals surface area contributed by atoms with Gasteiger partial charge in [-0.3, -0.25) is 4.79 Å². The number of rotatable bonds is 6. The van der Waals surface area contributed by atoms with Gasteiger partial charge in [-0.15, -0.1) is 11.3 Å². The third-order valence-electron chi connectivity index (χ3n) is 3.36. The molecule has 0 saturated carbocycles. The summed E-state index contributed by atoms with van der Waals surface area (Å²) in [6.07, 6.45) is 0. The summed E-state index contributed by atoms with van der Waals surface area (Å²) >= 11 is 1.10. The van der Waals surface area contributed by atoms with Gasteiger partial charge in [0.05, 0.1) is 0 Å². The molecule has 6 nitrogen and oxygen atoms in total. The fraction of sp³-hybridized carbons (Fsp3) is 0.188. The van der Waals surface area contributed by atoms with E-state index < -0.39 is 16.0 Å². The maximum absolute atomic E-state index is 12.2. The Kier molecular flexibility index (Phi) is 4.70. The number of esters is 1. The summed E-state index contributed by atoms with van der Waals surface area (Å²) in [4.78, 5) is 11.9. The van der Waals surface area contributed by atoms with Gasteiger partial charge in [-0.05, 0) is 23.6 Å². The van der Waals surface area contributed by atoms with E-state index in [0.29, 0.717) is 11.3 Å². The van der Waals surface area contributed by atoms with Crippen molar-refractivity contribution < 1.29 is 22.4 Å². The Morgan fingerprint density at radius 1 is 1.25 bits per heavy atom. The molecule has 0 aliphatic heterocycles. The van der Waals surface area contributed by atoms with E-state index in [1.54, 1.807) is 17.5 Å². The monoisotopic (exact) mass is 365 g/mol. The lowest BCUT2D eigenvalue weighted by atomic mass is 10.2. The number of hydrogen-bond acceptors (Lipinski definition) is 6. The third kappa shape index (κ3) is 3.50. The van der Waals surface area contributed by atoms with Crippen LogP contribution in [0.4, 0.5) is 0 Å². The van der Waals surface area contributed by atoms with Crippen molar-refractivity contribution in [2.24, 2.45) is 0 Å². The number of fused-ring (bicyclic) bond motifs is 1. The van der Waals surface area contributed by atoms with E-state index in [1.165, 1.54) is 13.1 Å². The van der Waals surface area contributed by atoms with Crippen molar-refractivity contribution in [3.63, 3.8) is 0 Å². The molecule has 0 fully saturated rings. The van der Waals surface area contributed by atoms with Crippen LogP contribution in [0, 0.1) is 0 Å². The Labute approximate surface area is 143 Å². The fourth-order valence-electron chi connectivity index (χ4n) is 2.14. The van der Waals surface area contributed by atoms with Gasteiger partial charge in [-0.2, -0.15) is 4.31 Å². The Balaban J connectivity index is 1.59. The summed E-state index contributed by atoms with van der Waals surface area (Å²) in [6.45, 7) is -0.402. The maximum Gasteiger partial charge on any atom is 0.321 e. The molecule has 0 N–H and O–H groups in total. The molecule has 0 bridgehead atoms. The molecule has 2 aromatic heterocycles. The van der Waals surface area contributed by atoms with Gasteiger partial charge in [-0.25, -0.2) is 8.42 Å². The van der Waals surface area contributed by atoms with E-state index in [2.05, 4.69) is 0 Å². The summed E-state index contributed by atoms with van der Waals surface area (Å²) in [7, 11) is -2.32. The van der Waals surface area contributed by atoms with Crippen LogP contribution in [0.3, 0.4) is 0 Å². The largest absolute Gasteiger partial charge is 0.457 e. The molecule has 0 aliphatic rings. The smallest absolute Gasteiger partial charge is 0.321 e. The average molecular weight is 365 g/mol. The number of furan rings is 1. The highest BCUT2D eigenvalue weighted by Crippen LogP contribution is 2.21. The first kappa shape index (κ1) is 16.7. The van der Waals surface area contributed by atoms with Crippen LogP contribution in [-0.4, -0.2) is 32.3 Å². The molecular formula is C16H15NO5S2. The zero-order valence-electron chi connectivity index (χ0n) is 12.8. The SMILES string of the molecule is CN(CC(=O)OCc1cc2ccccc2o1)S(=O)(=O)c1cccs1. The molecule has 24 heavy (non-hydrogen) atoms. The van der Waals surface area contributed by atoms with Crippen LogP contribution >= 0.6 is 11.3 Å². The maximum atomic E-state index is 12.2. The second-order valence-corrected chi connectivity index (χ2v) is 8.32. The normalized spacial score (nSPS) is 11.9. The second-order valence-electron chi connectivity index (χ2n) is 5.10. The van der Waals surface area contributed by atoms with Crippen LogP contribution in [0.5, 0.6) is 0 Å². The van der Waals surface area contributed by atoms with Crippen LogP contribution in [0.2, 0.25) is 0 Å². The number of benzene rings is 1. The zero-order valence-corrected chi connectivity index (χ0v) is 14.5. The Morgan fingerprint density at radius 2 is 2.04 bits per heavy atom. The topological polar surface area (TPSA) is 76.8 Å². The molecule has 0 amide bonds. The number of hydrogen-bond donors (Lipinski definition) is 0. The van der Waals surface area contributed by atoms with E-state index >= 15 is 0 Å². The molecular weight excluding hydrogens is 350 g/mol. The van der Waals surface area contributed by atoms with E-state index in [9.17, 15) is 13.2 Å². The average Bonchev–Trinajstić information content (AvgIpc) is 3.22. The first-order valence-corrected chi connectivity index (χ1v) is 9.42. The number of sulfonamides is 1. The van der Waals surface area contributed by atoms with Crippen LogP contribution < -0.4 is 0 Å². The van der Waals surface area contributed by atoms with Crippen LogP contribution in [0.25, 0.3) is 11.0 Å². The minimum atomic E-state index is -3.67. The Hall–Kier alpha value is -2.16. The van der Waals surface area contributed by atoms with Crippen molar-refractivity contribution in [3.05, 3.63) is 53.6 Å². The lowest BCUT2D eigenvalue weighted by Crippen LogP contribution is -2.32. The number of nitrogens with zero attached hydrogens (tertiary/aromatic N) is 1. The minimum Gasteiger partial charge on any atom is -0.457 e. The van der Waals surface area contributed by atoms with Gasteiger partial charge in [-0.1, -0.05) is 24.3 Å². The number of likely N-dealkylation sites (N-methyl/N-ethyl adjacent to an activating group) is 1. The minimum absolute atomic E-state index is 0.0413. The number of carbonyl (C=O) groups is 1. The molecule has 1 aromatic carbocycles. The first-order valence-electron chi connectivity index (χ1n) is 7.10. The highest BCUT2D eigenvalue weighted by Gasteiger charge is 2.24. The van der Waals surface area contributed by atoms with Gasteiger partial charge in [0, 0.05) is 12.4 Å². The molecule has 0 unspecified atom stereocenters.